The highest BCUT2D eigenvalue weighted by Crippen LogP contribution is 2.28. The zero-order valence-corrected chi connectivity index (χ0v) is 19.8. The van der Waals surface area contributed by atoms with Gasteiger partial charge in [0.05, 0.1) is 31.3 Å². The van der Waals surface area contributed by atoms with Crippen LogP contribution >= 0.6 is 0 Å². The normalized spacial score (nSPS) is 21.2. The molecule has 0 aliphatic heterocycles. The molecular formula is C24H40NO3S+. The van der Waals surface area contributed by atoms with Crippen LogP contribution < -0.4 is 4.90 Å². The first-order chi connectivity index (χ1) is 13.7. The van der Waals surface area contributed by atoms with Gasteiger partial charge in [0.2, 0.25) is 0 Å². The number of ether oxygens (including phenoxy) is 1. The van der Waals surface area contributed by atoms with E-state index in [2.05, 4.69) is 58.9 Å². The largest absolute Gasteiger partial charge is 0.461 e. The third kappa shape index (κ3) is 7.53. The molecule has 1 saturated carbocycles. The van der Waals surface area contributed by atoms with Crippen LogP contribution in [0.15, 0.2) is 24.3 Å². The van der Waals surface area contributed by atoms with Crippen LogP contribution in [0.1, 0.15) is 77.8 Å². The third-order valence-electron chi connectivity index (χ3n) is 6.07. The highest BCUT2D eigenvalue weighted by molar-refractivity contribution is 7.84. The second kappa shape index (κ2) is 11.3. The lowest BCUT2D eigenvalue weighted by Crippen LogP contribution is -3.11. The number of benzene rings is 1. The summed E-state index contributed by atoms with van der Waals surface area (Å²) in [5.41, 5.74) is 2.50. The number of nitrogens with one attached hydrogen (secondary N) is 1. The standard InChI is InChI=1S/C24H39NO3S/c1-6-25(7-2)17-16-23(26)28-21-10-8-9-11-22(21)29(27)18-19-12-14-20(15-13-19)24(3,4)5/h12-15,21-22H,6-11,16-18H2,1-5H3/p+1/t21-,22+,29+/m0/s1. The molecule has 0 saturated heterocycles. The zero-order chi connectivity index (χ0) is 21.4. The van der Waals surface area contributed by atoms with Crippen molar-refractivity contribution in [2.75, 3.05) is 19.6 Å². The van der Waals surface area contributed by atoms with E-state index in [9.17, 15) is 9.00 Å². The lowest BCUT2D eigenvalue weighted by molar-refractivity contribution is -0.895. The maximum absolute atomic E-state index is 13.1. The van der Waals surface area contributed by atoms with Crippen LogP contribution in [-0.2, 0) is 31.5 Å². The Morgan fingerprint density at radius 2 is 1.72 bits per heavy atom. The SMILES string of the molecule is CC[NH+](CC)CCC(=O)O[C@H]1CCCC[C@H]1[S@](=O)Cc1ccc(C(C)(C)C)cc1. The summed E-state index contributed by atoms with van der Waals surface area (Å²) in [6.07, 6.45) is 4.08. The molecule has 2 rings (SSSR count). The Balaban J connectivity index is 1.94. The molecule has 0 spiro atoms. The number of hydrogen-bond acceptors (Lipinski definition) is 3. The molecule has 164 valence electrons. The first-order valence-electron chi connectivity index (χ1n) is 11.2. The summed E-state index contributed by atoms with van der Waals surface area (Å²) >= 11 is 0. The third-order valence-corrected chi connectivity index (χ3v) is 7.91. The predicted octanol–water partition coefficient (Wildman–Crippen LogP) is 3.40. The second-order valence-electron chi connectivity index (χ2n) is 9.28. The minimum absolute atomic E-state index is 0.0456. The molecule has 29 heavy (non-hydrogen) atoms. The molecule has 1 aromatic carbocycles. The van der Waals surface area contributed by atoms with Gasteiger partial charge in [-0.05, 0) is 49.7 Å². The van der Waals surface area contributed by atoms with Gasteiger partial charge in [-0.3, -0.25) is 9.00 Å². The van der Waals surface area contributed by atoms with E-state index < -0.39 is 10.8 Å². The molecular weight excluding hydrogens is 382 g/mol. The second-order valence-corrected chi connectivity index (χ2v) is 10.9. The maximum Gasteiger partial charge on any atom is 0.311 e. The zero-order valence-electron chi connectivity index (χ0n) is 19.0. The smallest absolute Gasteiger partial charge is 0.311 e. The molecule has 3 atom stereocenters. The van der Waals surface area contributed by atoms with Gasteiger partial charge < -0.3 is 9.64 Å². The average molecular weight is 423 g/mol. The van der Waals surface area contributed by atoms with E-state index in [-0.39, 0.29) is 22.7 Å². The van der Waals surface area contributed by atoms with Crippen LogP contribution in [0.3, 0.4) is 0 Å². The number of rotatable bonds is 9. The minimum Gasteiger partial charge on any atom is -0.461 e. The summed E-state index contributed by atoms with van der Waals surface area (Å²) in [6.45, 7) is 13.7. The monoisotopic (exact) mass is 422 g/mol. The number of carbonyl (C=O) groups excluding carboxylic acids is 1. The molecule has 1 aliphatic carbocycles. The van der Waals surface area contributed by atoms with Crippen LogP contribution in [0, 0.1) is 0 Å². The lowest BCUT2D eigenvalue weighted by atomic mass is 9.87. The van der Waals surface area contributed by atoms with Crippen molar-refractivity contribution >= 4 is 16.8 Å². The first-order valence-corrected chi connectivity index (χ1v) is 12.6. The number of esters is 1. The van der Waals surface area contributed by atoms with E-state index in [4.69, 9.17) is 4.74 Å². The molecule has 0 unspecified atom stereocenters. The molecule has 0 heterocycles. The molecule has 1 fully saturated rings. The van der Waals surface area contributed by atoms with Crippen molar-refractivity contribution in [2.45, 2.75) is 89.2 Å². The summed E-state index contributed by atoms with van der Waals surface area (Å²) in [4.78, 5) is 13.8. The van der Waals surface area contributed by atoms with Gasteiger partial charge in [-0.15, -0.1) is 0 Å². The first kappa shape index (κ1) is 24.1. The Kier molecular flexibility index (Phi) is 9.35. The van der Waals surface area contributed by atoms with Gasteiger partial charge >= 0.3 is 5.97 Å². The van der Waals surface area contributed by atoms with Crippen LogP contribution in [0.2, 0.25) is 0 Å². The molecule has 0 radical (unpaired) electrons. The highest BCUT2D eigenvalue weighted by Gasteiger charge is 2.33. The van der Waals surface area contributed by atoms with Gasteiger partial charge in [0.15, 0.2) is 0 Å². The lowest BCUT2D eigenvalue weighted by Gasteiger charge is -2.30. The summed E-state index contributed by atoms with van der Waals surface area (Å²) < 4.78 is 18.9. The van der Waals surface area contributed by atoms with E-state index in [0.29, 0.717) is 12.2 Å². The molecule has 1 aliphatic rings. The number of quaternary nitrogens is 1. The van der Waals surface area contributed by atoms with Crippen LogP contribution in [0.4, 0.5) is 0 Å². The summed E-state index contributed by atoms with van der Waals surface area (Å²) in [5, 5.41) is -0.0456. The van der Waals surface area contributed by atoms with Gasteiger partial charge in [0, 0.05) is 16.6 Å². The summed E-state index contributed by atoms with van der Waals surface area (Å²) in [5.74, 6) is 0.403. The van der Waals surface area contributed by atoms with Crippen molar-refractivity contribution in [1.29, 1.82) is 0 Å². The predicted molar refractivity (Wildman–Crippen MR) is 121 cm³/mol. The Morgan fingerprint density at radius 3 is 2.31 bits per heavy atom. The van der Waals surface area contributed by atoms with Crippen LogP contribution in [0.25, 0.3) is 0 Å². The van der Waals surface area contributed by atoms with Gasteiger partial charge in [-0.2, -0.15) is 0 Å². The van der Waals surface area contributed by atoms with Crippen molar-refractivity contribution in [3.8, 4) is 0 Å². The number of carbonyl (C=O) groups is 1. The van der Waals surface area contributed by atoms with Gasteiger partial charge in [-0.25, -0.2) is 0 Å². The average Bonchev–Trinajstić information content (AvgIpc) is 2.69. The van der Waals surface area contributed by atoms with Gasteiger partial charge in [-0.1, -0.05) is 51.5 Å². The molecule has 1 N–H and O–H groups in total. The van der Waals surface area contributed by atoms with Crippen molar-refractivity contribution in [1.82, 2.24) is 0 Å². The van der Waals surface area contributed by atoms with Crippen LogP contribution in [-0.4, -0.2) is 41.2 Å². The Bertz CT molecular complexity index is 662. The van der Waals surface area contributed by atoms with Crippen molar-refractivity contribution in [3.05, 3.63) is 35.4 Å². The Labute approximate surface area is 179 Å². The van der Waals surface area contributed by atoms with Gasteiger partial charge in [0.25, 0.3) is 0 Å². The summed E-state index contributed by atoms with van der Waals surface area (Å²) in [7, 11) is -1.03. The molecule has 5 heteroatoms. The van der Waals surface area contributed by atoms with Crippen molar-refractivity contribution in [3.63, 3.8) is 0 Å². The van der Waals surface area contributed by atoms with E-state index in [1.54, 1.807) is 0 Å². The Hall–Kier alpha value is -1.20. The van der Waals surface area contributed by atoms with E-state index in [0.717, 1.165) is 50.9 Å². The molecule has 1 aromatic rings. The topological polar surface area (TPSA) is 47.8 Å². The van der Waals surface area contributed by atoms with Gasteiger partial charge in [0.1, 0.15) is 6.10 Å². The van der Waals surface area contributed by atoms with Crippen LogP contribution in [0.5, 0.6) is 0 Å². The fraction of sp³-hybridized carbons (Fsp3) is 0.708. The molecule has 0 bridgehead atoms. The van der Waals surface area contributed by atoms with Crippen molar-refractivity contribution in [2.24, 2.45) is 0 Å². The number of hydrogen-bond donors (Lipinski definition) is 1. The highest BCUT2D eigenvalue weighted by atomic mass is 32.2. The Morgan fingerprint density at radius 1 is 1.10 bits per heavy atom. The fourth-order valence-corrected chi connectivity index (χ4v) is 5.68. The van der Waals surface area contributed by atoms with E-state index in [1.165, 1.54) is 10.5 Å². The quantitative estimate of drug-likeness (QED) is 0.621. The molecule has 0 aromatic heterocycles. The van der Waals surface area contributed by atoms with E-state index in [1.807, 2.05) is 0 Å². The molecule has 0 amide bonds. The van der Waals surface area contributed by atoms with E-state index >= 15 is 0 Å². The minimum atomic E-state index is -1.03. The summed E-state index contributed by atoms with van der Waals surface area (Å²) in [6, 6.07) is 8.46. The molecule has 4 nitrogen and oxygen atoms in total. The fourth-order valence-electron chi connectivity index (χ4n) is 3.98. The maximum atomic E-state index is 13.1. The van der Waals surface area contributed by atoms with Crippen molar-refractivity contribution < 1.29 is 18.6 Å².